The van der Waals surface area contributed by atoms with Gasteiger partial charge in [-0.1, -0.05) is 25.2 Å². The van der Waals surface area contributed by atoms with Crippen molar-refractivity contribution in [3.05, 3.63) is 5.01 Å². The molecule has 2 rings (SSSR count). The van der Waals surface area contributed by atoms with Gasteiger partial charge in [0.05, 0.1) is 6.61 Å². The smallest absolute Gasteiger partial charge is 0.208 e. The van der Waals surface area contributed by atoms with Gasteiger partial charge in [-0.2, -0.15) is 0 Å². The van der Waals surface area contributed by atoms with Crippen molar-refractivity contribution in [3.63, 3.8) is 0 Å². The monoisotopic (exact) mass is 241 g/mol. The third-order valence-corrected chi connectivity index (χ3v) is 4.29. The van der Waals surface area contributed by atoms with E-state index in [-0.39, 0.29) is 6.61 Å². The number of nitrogens with zero attached hydrogens (tertiary/aromatic N) is 3. The highest BCUT2D eigenvalue weighted by Crippen LogP contribution is 2.32. The van der Waals surface area contributed by atoms with E-state index in [1.54, 1.807) is 11.3 Å². The zero-order valence-electron chi connectivity index (χ0n) is 9.89. The summed E-state index contributed by atoms with van der Waals surface area (Å²) in [7, 11) is 0. The molecule has 0 amide bonds. The zero-order chi connectivity index (χ0) is 11.5. The second kappa shape index (κ2) is 5.10. The molecule has 0 atom stereocenters. The summed E-state index contributed by atoms with van der Waals surface area (Å²) >= 11 is 1.66. The largest absolute Gasteiger partial charge is 0.395 e. The van der Waals surface area contributed by atoms with Crippen molar-refractivity contribution in [2.45, 2.75) is 45.1 Å². The lowest BCUT2D eigenvalue weighted by Gasteiger charge is -2.36. The van der Waals surface area contributed by atoms with Crippen molar-refractivity contribution >= 4 is 16.5 Å². The van der Waals surface area contributed by atoms with Crippen LogP contribution in [0, 0.1) is 0 Å². The molecule has 1 fully saturated rings. The molecule has 1 N–H and O–H groups in total. The number of aliphatic hydroxyl groups excluding tert-OH is 1. The van der Waals surface area contributed by atoms with Crippen LogP contribution in [0.3, 0.4) is 0 Å². The molecule has 16 heavy (non-hydrogen) atoms. The van der Waals surface area contributed by atoms with E-state index in [1.807, 2.05) is 0 Å². The molecule has 1 aromatic rings. The van der Waals surface area contributed by atoms with Crippen molar-refractivity contribution in [1.82, 2.24) is 10.2 Å². The van der Waals surface area contributed by atoms with Crippen LogP contribution in [0.2, 0.25) is 0 Å². The van der Waals surface area contributed by atoms with Crippen LogP contribution in [0.1, 0.15) is 44.0 Å². The molecule has 0 unspecified atom stereocenters. The van der Waals surface area contributed by atoms with Gasteiger partial charge in [-0.05, 0) is 19.3 Å². The van der Waals surface area contributed by atoms with E-state index in [1.165, 1.54) is 19.3 Å². The summed E-state index contributed by atoms with van der Waals surface area (Å²) in [6.45, 7) is 5.12. The lowest BCUT2D eigenvalue weighted by Crippen LogP contribution is -2.41. The summed E-state index contributed by atoms with van der Waals surface area (Å²) in [4.78, 5) is 2.22. The summed E-state index contributed by atoms with van der Waals surface area (Å²) in [5, 5.41) is 19.6. The summed E-state index contributed by atoms with van der Waals surface area (Å²) in [6.07, 6.45) is 3.73. The van der Waals surface area contributed by atoms with E-state index in [4.69, 9.17) is 5.11 Å². The van der Waals surface area contributed by atoms with E-state index in [0.29, 0.717) is 18.5 Å². The fraction of sp³-hybridized carbons (Fsp3) is 0.818. The zero-order valence-corrected chi connectivity index (χ0v) is 10.7. The lowest BCUT2D eigenvalue weighted by molar-refractivity contribution is 0.283. The molecule has 1 aliphatic rings. The molecule has 1 aromatic heterocycles. The molecular formula is C11H19N3OS. The third-order valence-electron chi connectivity index (χ3n) is 3.03. The van der Waals surface area contributed by atoms with E-state index in [2.05, 4.69) is 28.9 Å². The van der Waals surface area contributed by atoms with Crippen molar-refractivity contribution in [1.29, 1.82) is 0 Å². The van der Waals surface area contributed by atoms with Crippen molar-refractivity contribution in [3.8, 4) is 0 Å². The fourth-order valence-electron chi connectivity index (χ4n) is 1.82. The van der Waals surface area contributed by atoms with E-state index in [0.717, 1.165) is 10.1 Å². The number of aliphatic hydroxyl groups is 1. The van der Waals surface area contributed by atoms with Crippen LogP contribution in [0.4, 0.5) is 5.13 Å². The second-order valence-corrected chi connectivity index (χ2v) is 5.57. The predicted molar refractivity (Wildman–Crippen MR) is 66.1 cm³/mol. The normalized spacial score (nSPS) is 16.5. The number of hydrogen-bond donors (Lipinski definition) is 1. The maximum atomic E-state index is 9.10. The van der Waals surface area contributed by atoms with Crippen LogP contribution in [0.5, 0.6) is 0 Å². The molecule has 0 saturated heterocycles. The van der Waals surface area contributed by atoms with Gasteiger partial charge in [0, 0.05) is 18.5 Å². The Balaban J connectivity index is 2.10. The van der Waals surface area contributed by atoms with Gasteiger partial charge in [0.2, 0.25) is 5.13 Å². The second-order valence-electron chi connectivity index (χ2n) is 4.58. The molecule has 1 saturated carbocycles. The first kappa shape index (κ1) is 11.8. The Hall–Kier alpha value is -0.680. The highest BCUT2D eigenvalue weighted by atomic mass is 32.1. The first-order chi connectivity index (χ1) is 7.72. The predicted octanol–water partition coefficient (Wildman–Crippen LogP) is 2.01. The maximum absolute atomic E-state index is 9.10. The van der Waals surface area contributed by atoms with E-state index < -0.39 is 0 Å². The molecule has 0 bridgehead atoms. The Labute approximate surface area is 100 Å². The summed E-state index contributed by atoms with van der Waals surface area (Å²) in [5.41, 5.74) is 0. The van der Waals surface area contributed by atoms with Gasteiger partial charge in [0.15, 0.2) is 0 Å². The summed E-state index contributed by atoms with van der Waals surface area (Å²) in [6, 6.07) is 0.570. The molecule has 0 aliphatic heterocycles. The minimum absolute atomic E-state index is 0.188. The average Bonchev–Trinajstić information content (AvgIpc) is 2.62. The van der Waals surface area contributed by atoms with E-state index in [9.17, 15) is 0 Å². The number of anilines is 1. The Morgan fingerprint density at radius 3 is 2.62 bits per heavy atom. The van der Waals surface area contributed by atoms with Crippen LogP contribution >= 0.6 is 11.3 Å². The van der Waals surface area contributed by atoms with Gasteiger partial charge >= 0.3 is 0 Å². The van der Waals surface area contributed by atoms with Gasteiger partial charge in [-0.3, -0.25) is 0 Å². The molecule has 1 aliphatic carbocycles. The fourth-order valence-corrected chi connectivity index (χ4v) is 2.76. The standard InChI is InChI=1S/C11H19N3OS/c1-8(2)10-12-13-11(16-10)14(6-7-15)9-4-3-5-9/h8-9,15H,3-7H2,1-2H3. The highest BCUT2D eigenvalue weighted by molar-refractivity contribution is 7.15. The molecule has 5 heteroatoms. The number of aromatic nitrogens is 2. The molecule has 0 radical (unpaired) electrons. The van der Waals surface area contributed by atoms with Crippen molar-refractivity contribution in [2.75, 3.05) is 18.1 Å². The van der Waals surface area contributed by atoms with Crippen LogP contribution < -0.4 is 4.90 Å². The van der Waals surface area contributed by atoms with Crippen LogP contribution in [-0.4, -0.2) is 34.5 Å². The lowest BCUT2D eigenvalue weighted by atomic mass is 9.92. The van der Waals surface area contributed by atoms with Gasteiger partial charge in [0.25, 0.3) is 0 Å². The molecule has 0 spiro atoms. The maximum Gasteiger partial charge on any atom is 0.208 e. The van der Waals surface area contributed by atoms with Gasteiger partial charge < -0.3 is 10.0 Å². The quantitative estimate of drug-likeness (QED) is 0.856. The molecular weight excluding hydrogens is 222 g/mol. The van der Waals surface area contributed by atoms with Crippen LogP contribution in [0.25, 0.3) is 0 Å². The Morgan fingerprint density at radius 2 is 2.19 bits per heavy atom. The molecule has 1 heterocycles. The first-order valence-electron chi connectivity index (χ1n) is 5.93. The minimum atomic E-state index is 0.188. The average molecular weight is 241 g/mol. The Kier molecular flexibility index (Phi) is 3.76. The van der Waals surface area contributed by atoms with Crippen LogP contribution in [-0.2, 0) is 0 Å². The van der Waals surface area contributed by atoms with Crippen LogP contribution in [0.15, 0.2) is 0 Å². The molecule has 90 valence electrons. The topological polar surface area (TPSA) is 49.2 Å². The van der Waals surface area contributed by atoms with Crippen molar-refractivity contribution in [2.24, 2.45) is 0 Å². The van der Waals surface area contributed by atoms with Gasteiger partial charge in [-0.25, -0.2) is 0 Å². The summed E-state index contributed by atoms with van der Waals surface area (Å²) < 4.78 is 0. The van der Waals surface area contributed by atoms with Gasteiger partial charge in [-0.15, -0.1) is 10.2 Å². The Morgan fingerprint density at radius 1 is 1.44 bits per heavy atom. The van der Waals surface area contributed by atoms with E-state index >= 15 is 0 Å². The number of rotatable bonds is 5. The first-order valence-corrected chi connectivity index (χ1v) is 6.75. The minimum Gasteiger partial charge on any atom is -0.395 e. The molecule has 0 aromatic carbocycles. The number of hydrogen-bond acceptors (Lipinski definition) is 5. The third kappa shape index (κ3) is 2.35. The van der Waals surface area contributed by atoms with Crippen molar-refractivity contribution < 1.29 is 5.11 Å². The SMILES string of the molecule is CC(C)c1nnc(N(CCO)C2CCC2)s1. The Bertz CT molecular complexity index is 336. The van der Waals surface area contributed by atoms with Gasteiger partial charge in [0.1, 0.15) is 5.01 Å². The molecule has 4 nitrogen and oxygen atoms in total. The summed E-state index contributed by atoms with van der Waals surface area (Å²) in [5.74, 6) is 0.434. The highest BCUT2D eigenvalue weighted by Gasteiger charge is 2.27.